The number of benzene rings is 1. The second-order valence-electron chi connectivity index (χ2n) is 2.66. The third kappa shape index (κ3) is 3.63. The van der Waals surface area contributed by atoms with E-state index in [2.05, 4.69) is 0 Å². The van der Waals surface area contributed by atoms with E-state index in [4.69, 9.17) is 27.2 Å². The molecule has 4 heteroatoms. The lowest BCUT2D eigenvalue weighted by molar-refractivity contribution is 0.114. The highest BCUT2D eigenvalue weighted by molar-refractivity contribution is 6.30. The van der Waals surface area contributed by atoms with E-state index in [0.29, 0.717) is 10.8 Å². The van der Waals surface area contributed by atoms with Crippen molar-refractivity contribution < 1.29 is 9.84 Å². The molecule has 0 amide bonds. The Morgan fingerprint density at radius 1 is 1.54 bits per heavy atom. The van der Waals surface area contributed by atoms with Gasteiger partial charge in [-0.15, -0.1) is 0 Å². The van der Waals surface area contributed by atoms with Crippen LogP contribution in [-0.4, -0.2) is 24.4 Å². The van der Waals surface area contributed by atoms with Gasteiger partial charge in [-0.3, -0.25) is 0 Å². The van der Waals surface area contributed by atoms with Crippen molar-refractivity contribution >= 4 is 11.6 Å². The molecule has 0 aromatic heterocycles. The van der Waals surface area contributed by atoms with E-state index in [1.165, 1.54) is 0 Å². The number of halogens is 1. The SMILES string of the molecule is NCC(O)COc1cccc(Cl)c1. The molecule has 0 radical (unpaired) electrons. The maximum absolute atomic E-state index is 9.11. The summed E-state index contributed by atoms with van der Waals surface area (Å²) in [5, 5.41) is 9.72. The molecule has 0 aliphatic heterocycles. The predicted octanol–water partition coefficient (Wildman–Crippen LogP) is 1.04. The van der Waals surface area contributed by atoms with Gasteiger partial charge in [0.2, 0.25) is 0 Å². The first-order valence-electron chi connectivity index (χ1n) is 3.99. The molecule has 0 saturated carbocycles. The van der Waals surface area contributed by atoms with Crippen LogP contribution in [0, 0.1) is 0 Å². The van der Waals surface area contributed by atoms with Crippen LogP contribution in [0.4, 0.5) is 0 Å². The summed E-state index contributed by atoms with van der Waals surface area (Å²) < 4.78 is 5.23. The van der Waals surface area contributed by atoms with Gasteiger partial charge in [0.25, 0.3) is 0 Å². The number of hydrogen-bond acceptors (Lipinski definition) is 3. The Balaban J connectivity index is 2.45. The summed E-state index contributed by atoms with van der Waals surface area (Å²) in [6.07, 6.45) is -0.626. The highest BCUT2D eigenvalue weighted by Gasteiger charge is 2.01. The van der Waals surface area contributed by atoms with Gasteiger partial charge in [0.15, 0.2) is 0 Å². The zero-order valence-corrected chi connectivity index (χ0v) is 7.87. The fraction of sp³-hybridized carbons (Fsp3) is 0.333. The molecule has 1 unspecified atom stereocenters. The van der Waals surface area contributed by atoms with Gasteiger partial charge in [0, 0.05) is 11.6 Å². The van der Waals surface area contributed by atoms with Crippen LogP contribution in [-0.2, 0) is 0 Å². The Morgan fingerprint density at radius 2 is 2.31 bits per heavy atom. The van der Waals surface area contributed by atoms with Gasteiger partial charge in [-0.1, -0.05) is 17.7 Å². The first kappa shape index (κ1) is 10.3. The Labute approximate surface area is 82.1 Å². The largest absolute Gasteiger partial charge is 0.491 e. The van der Waals surface area contributed by atoms with Crippen molar-refractivity contribution in [2.75, 3.05) is 13.2 Å². The van der Waals surface area contributed by atoms with Crippen molar-refractivity contribution in [2.24, 2.45) is 5.73 Å². The topological polar surface area (TPSA) is 55.5 Å². The summed E-state index contributed by atoms with van der Waals surface area (Å²) in [6, 6.07) is 7.00. The van der Waals surface area contributed by atoms with Gasteiger partial charge in [-0.2, -0.15) is 0 Å². The van der Waals surface area contributed by atoms with E-state index in [0.717, 1.165) is 0 Å². The van der Waals surface area contributed by atoms with E-state index < -0.39 is 6.10 Å². The minimum atomic E-state index is -0.626. The van der Waals surface area contributed by atoms with Crippen LogP contribution in [0.2, 0.25) is 5.02 Å². The van der Waals surface area contributed by atoms with E-state index >= 15 is 0 Å². The highest BCUT2D eigenvalue weighted by Crippen LogP contribution is 2.16. The number of aliphatic hydroxyl groups excluding tert-OH is 1. The highest BCUT2D eigenvalue weighted by atomic mass is 35.5. The zero-order chi connectivity index (χ0) is 9.68. The summed E-state index contributed by atoms with van der Waals surface area (Å²) in [6.45, 7) is 0.386. The molecular formula is C9H12ClNO2. The van der Waals surface area contributed by atoms with Crippen molar-refractivity contribution in [1.82, 2.24) is 0 Å². The summed E-state index contributed by atoms with van der Waals surface area (Å²) >= 11 is 5.73. The van der Waals surface area contributed by atoms with Gasteiger partial charge < -0.3 is 15.6 Å². The lowest BCUT2D eigenvalue weighted by Crippen LogP contribution is -2.26. The fourth-order valence-corrected chi connectivity index (χ4v) is 0.998. The molecule has 13 heavy (non-hydrogen) atoms. The second kappa shape index (κ2) is 5.07. The van der Waals surface area contributed by atoms with E-state index in [9.17, 15) is 0 Å². The normalized spacial score (nSPS) is 12.5. The van der Waals surface area contributed by atoms with Crippen molar-refractivity contribution in [3.8, 4) is 5.75 Å². The van der Waals surface area contributed by atoms with Crippen molar-refractivity contribution in [3.05, 3.63) is 29.3 Å². The predicted molar refractivity (Wildman–Crippen MR) is 52.0 cm³/mol. The number of rotatable bonds is 4. The van der Waals surface area contributed by atoms with Crippen LogP contribution in [0.3, 0.4) is 0 Å². The number of ether oxygens (including phenoxy) is 1. The molecule has 0 spiro atoms. The van der Waals surface area contributed by atoms with E-state index in [-0.39, 0.29) is 13.2 Å². The molecule has 0 bridgehead atoms. The Kier molecular flexibility index (Phi) is 4.02. The molecule has 0 fully saturated rings. The van der Waals surface area contributed by atoms with E-state index in [1.54, 1.807) is 24.3 Å². The molecular weight excluding hydrogens is 190 g/mol. The maximum atomic E-state index is 9.11. The van der Waals surface area contributed by atoms with Crippen molar-refractivity contribution in [1.29, 1.82) is 0 Å². The lowest BCUT2D eigenvalue weighted by atomic mass is 10.3. The summed E-state index contributed by atoms with van der Waals surface area (Å²) in [4.78, 5) is 0. The molecule has 0 aliphatic rings. The van der Waals surface area contributed by atoms with Gasteiger partial charge in [0.05, 0.1) is 0 Å². The molecule has 0 aliphatic carbocycles. The van der Waals surface area contributed by atoms with Crippen LogP contribution in [0.25, 0.3) is 0 Å². The van der Waals surface area contributed by atoms with Gasteiger partial charge in [-0.25, -0.2) is 0 Å². The second-order valence-corrected chi connectivity index (χ2v) is 3.09. The first-order chi connectivity index (χ1) is 6.22. The minimum Gasteiger partial charge on any atom is -0.491 e. The lowest BCUT2D eigenvalue weighted by Gasteiger charge is -2.09. The molecule has 3 N–H and O–H groups in total. The third-order valence-corrected chi connectivity index (χ3v) is 1.75. The molecule has 1 rings (SSSR count). The summed E-state index contributed by atoms with van der Waals surface area (Å²) in [5.41, 5.74) is 5.21. The smallest absolute Gasteiger partial charge is 0.120 e. The van der Waals surface area contributed by atoms with Crippen LogP contribution in [0.5, 0.6) is 5.75 Å². The van der Waals surface area contributed by atoms with Crippen LogP contribution in [0.1, 0.15) is 0 Å². The molecule has 0 saturated heterocycles. The monoisotopic (exact) mass is 201 g/mol. The third-order valence-electron chi connectivity index (χ3n) is 1.51. The Hall–Kier alpha value is -0.770. The molecule has 1 atom stereocenters. The molecule has 1 aromatic rings. The van der Waals surface area contributed by atoms with Gasteiger partial charge in [0.1, 0.15) is 18.5 Å². The van der Waals surface area contributed by atoms with Crippen LogP contribution >= 0.6 is 11.6 Å². The van der Waals surface area contributed by atoms with Crippen LogP contribution < -0.4 is 10.5 Å². The molecule has 72 valence electrons. The number of nitrogens with two attached hydrogens (primary N) is 1. The molecule has 3 nitrogen and oxygen atoms in total. The summed E-state index contributed by atoms with van der Waals surface area (Å²) in [5.74, 6) is 0.639. The zero-order valence-electron chi connectivity index (χ0n) is 7.11. The minimum absolute atomic E-state index is 0.191. The fourth-order valence-electron chi connectivity index (χ4n) is 0.817. The Bertz CT molecular complexity index is 268. The first-order valence-corrected chi connectivity index (χ1v) is 4.36. The van der Waals surface area contributed by atoms with Gasteiger partial charge >= 0.3 is 0 Å². The Morgan fingerprint density at radius 3 is 2.92 bits per heavy atom. The van der Waals surface area contributed by atoms with Crippen LogP contribution in [0.15, 0.2) is 24.3 Å². The number of aliphatic hydroxyl groups is 1. The van der Waals surface area contributed by atoms with Crippen molar-refractivity contribution in [3.63, 3.8) is 0 Å². The molecule has 0 heterocycles. The average molecular weight is 202 g/mol. The quantitative estimate of drug-likeness (QED) is 0.766. The maximum Gasteiger partial charge on any atom is 0.120 e. The molecule has 1 aromatic carbocycles. The summed E-state index contributed by atoms with van der Waals surface area (Å²) in [7, 11) is 0. The van der Waals surface area contributed by atoms with Gasteiger partial charge in [-0.05, 0) is 18.2 Å². The van der Waals surface area contributed by atoms with E-state index in [1.807, 2.05) is 0 Å². The average Bonchev–Trinajstić information content (AvgIpc) is 2.14. The standard InChI is InChI=1S/C9H12ClNO2/c10-7-2-1-3-9(4-7)13-6-8(12)5-11/h1-4,8,12H,5-6,11H2. The van der Waals surface area contributed by atoms with Crippen molar-refractivity contribution in [2.45, 2.75) is 6.10 Å². The number of hydrogen-bond donors (Lipinski definition) is 2.